The Labute approximate surface area is 105 Å². The Bertz CT molecular complexity index is 547. The standard InChI is InChI=1S/C10H16N2O5S/c1-6-8(10(13)16-3)9(7(2)17-6)18(14,15)12-5-4-11/h12H,4-5,11H2,1-3H3. The first-order valence-corrected chi connectivity index (χ1v) is 6.71. The van der Waals surface area contributed by atoms with Gasteiger partial charge in [0.05, 0.1) is 7.11 Å². The lowest BCUT2D eigenvalue weighted by atomic mass is 10.2. The van der Waals surface area contributed by atoms with Gasteiger partial charge in [0, 0.05) is 13.1 Å². The highest BCUT2D eigenvalue weighted by atomic mass is 32.2. The van der Waals surface area contributed by atoms with Crippen LogP contribution in [0.3, 0.4) is 0 Å². The molecule has 0 saturated heterocycles. The normalized spacial score (nSPS) is 11.6. The number of esters is 1. The van der Waals surface area contributed by atoms with E-state index in [0.29, 0.717) is 0 Å². The van der Waals surface area contributed by atoms with E-state index in [1.54, 1.807) is 0 Å². The monoisotopic (exact) mass is 276 g/mol. The van der Waals surface area contributed by atoms with Crippen LogP contribution in [0.2, 0.25) is 0 Å². The third-order valence-electron chi connectivity index (χ3n) is 2.30. The number of ether oxygens (including phenoxy) is 1. The summed E-state index contributed by atoms with van der Waals surface area (Å²) in [7, 11) is -2.67. The van der Waals surface area contributed by atoms with Gasteiger partial charge < -0.3 is 14.9 Å². The summed E-state index contributed by atoms with van der Waals surface area (Å²) in [4.78, 5) is 11.4. The number of carbonyl (C=O) groups is 1. The average molecular weight is 276 g/mol. The van der Waals surface area contributed by atoms with Crippen LogP contribution in [0.15, 0.2) is 9.31 Å². The number of sulfonamides is 1. The van der Waals surface area contributed by atoms with Crippen molar-refractivity contribution in [3.63, 3.8) is 0 Å². The van der Waals surface area contributed by atoms with Crippen LogP contribution in [0.25, 0.3) is 0 Å². The third kappa shape index (κ3) is 2.71. The van der Waals surface area contributed by atoms with Gasteiger partial charge in [-0.1, -0.05) is 0 Å². The quantitative estimate of drug-likeness (QED) is 0.727. The van der Waals surface area contributed by atoms with Gasteiger partial charge in [-0.25, -0.2) is 17.9 Å². The molecular weight excluding hydrogens is 260 g/mol. The van der Waals surface area contributed by atoms with Gasteiger partial charge in [-0.2, -0.15) is 0 Å². The van der Waals surface area contributed by atoms with Gasteiger partial charge in [0.15, 0.2) is 0 Å². The second-order valence-corrected chi connectivity index (χ2v) is 5.30. The SMILES string of the molecule is COC(=O)c1c(C)oc(C)c1S(=O)(=O)NCCN. The number of carbonyl (C=O) groups excluding carboxylic acids is 1. The van der Waals surface area contributed by atoms with E-state index in [2.05, 4.69) is 9.46 Å². The van der Waals surface area contributed by atoms with Crippen LogP contribution < -0.4 is 10.5 Å². The van der Waals surface area contributed by atoms with Crippen molar-refractivity contribution >= 4 is 16.0 Å². The van der Waals surface area contributed by atoms with Crippen molar-refractivity contribution < 1.29 is 22.4 Å². The predicted molar refractivity (Wildman–Crippen MR) is 63.8 cm³/mol. The minimum absolute atomic E-state index is 0.0760. The molecule has 0 aliphatic heterocycles. The highest BCUT2D eigenvalue weighted by Gasteiger charge is 2.31. The zero-order valence-corrected chi connectivity index (χ0v) is 11.3. The number of aryl methyl sites for hydroxylation is 2. The highest BCUT2D eigenvalue weighted by molar-refractivity contribution is 7.89. The lowest BCUT2D eigenvalue weighted by Crippen LogP contribution is -2.30. The van der Waals surface area contributed by atoms with Crippen LogP contribution in [0.1, 0.15) is 21.9 Å². The first kappa shape index (κ1) is 14.7. The highest BCUT2D eigenvalue weighted by Crippen LogP contribution is 2.26. The first-order valence-electron chi connectivity index (χ1n) is 5.23. The summed E-state index contributed by atoms with van der Waals surface area (Å²) in [5.41, 5.74) is 5.16. The Balaban J connectivity index is 3.36. The fourth-order valence-electron chi connectivity index (χ4n) is 1.59. The number of furan rings is 1. The van der Waals surface area contributed by atoms with E-state index < -0.39 is 16.0 Å². The van der Waals surface area contributed by atoms with E-state index in [4.69, 9.17) is 10.2 Å². The summed E-state index contributed by atoms with van der Waals surface area (Å²) in [6, 6.07) is 0. The molecule has 0 bridgehead atoms. The summed E-state index contributed by atoms with van der Waals surface area (Å²) < 4.78 is 36.1. The number of rotatable bonds is 5. The minimum Gasteiger partial charge on any atom is -0.465 e. The number of hydrogen-bond acceptors (Lipinski definition) is 6. The average Bonchev–Trinajstić information content (AvgIpc) is 2.61. The molecule has 1 heterocycles. The Kier molecular flexibility index (Phi) is 4.49. The summed E-state index contributed by atoms with van der Waals surface area (Å²) in [5.74, 6) is -0.414. The van der Waals surface area contributed by atoms with Crippen LogP contribution in [-0.4, -0.2) is 34.6 Å². The number of nitrogens with one attached hydrogen (secondary N) is 1. The lowest BCUT2D eigenvalue weighted by molar-refractivity contribution is 0.0595. The zero-order chi connectivity index (χ0) is 13.9. The number of hydrogen-bond donors (Lipinski definition) is 2. The van der Waals surface area contributed by atoms with Crippen molar-refractivity contribution in [2.75, 3.05) is 20.2 Å². The van der Waals surface area contributed by atoms with E-state index in [0.717, 1.165) is 0 Å². The molecule has 8 heteroatoms. The third-order valence-corrected chi connectivity index (χ3v) is 3.91. The van der Waals surface area contributed by atoms with Crippen molar-refractivity contribution in [1.82, 2.24) is 4.72 Å². The Morgan fingerprint density at radius 3 is 2.50 bits per heavy atom. The molecule has 0 amide bonds. The lowest BCUT2D eigenvalue weighted by Gasteiger charge is -2.06. The van der Waals surface area contributed by atoms with Crippen molar-refractivity contribution in [1.29, 1.82) is 0 Å². The molecule has 3 N–H and O–H groups in total. The first-order chi connectivity index (χ1) is 8.35. The molecule has 7 nitrogen and oxygen atoms in total. The van der Waals surface area contributed by atoms with Crippen LogP contribution in [0.5, 0.6) is 0 Å². The molecule has 0 spiro atoms. The molecule has 1 aromatic rings. The van der Waals surface area contributed by atoms with Crippen molar-refractivity contribution in [2.24, 2.45) is 5.73 Å². The molecule has 0 unspecified atom stereocenters. The molecule has 0 aliphatic carbocycles. The maximum atomic E-state index is 12.0. The van der Waals surface area contributed by atoms with Crippen molar-refractivity contribution in [2.45, 2.75) is 18.7 Å². The molecule has 0 atom stereocenters. The molecule has 102 valence electrons. The predicted octanol–water partition coefficient (Wildman–Crippen LogP) is -0.0800. The smallest absolute Gasteiger partial charge is 0.342 e. The second kappa shape index (κ2) is 5.51. The fraction of sp³-hybridized carbons (Fsp3) is 0.500. The molecular formula is C10H16N2O5S. The fourth-order valence-corrected chi connectivity index (χ4v) is 3.04. The van der Waals surface area contributed by atoms with Crippen LogP contribution in [-0.2, 0) is 14.8 Å². The van der Waals surface area contributed by atoms with Crippen LogP contribution >= 0.6 is 0 Å². The zero-order valence-electron chi connectivity index (χ0n) is 10.4. The molecule has 1 aromatic heterocycles. The van der Waals surface area contributed by atoms with Gasteiger partial charge in [-0.3, -0.25) is 0 Å². The van der Waals surface area contributed by atoms with Gasteiger partial charge in [-0.05, 0) is 13.8 Å². The van der Waals surface area contributed by atoms with Gasteiger partial charge in [-0.15, -0.1) is 0 Å². The van der Waals surface area contributed by atoms with Gasteiger partial charge in [0.2, 0.25) is 10.0 Å². The summed E-state index contributed by atoms with van der Waals surface area (Å²) in [5, 5.41) is 0. The molecule has 0 saturated carbocycles. The van der Waals surface area contributed by atoms with Crippen LogP contribution in [0, 0.1) is 13.8 Å². The Morgan fingerprint density at radius 2 is 2.00 bits per heavy atom. The van der Waals surface area contributed by atoms with Gasteiger partial charge >= 0.3 is 5.97 Å². The molecule has 18 heavy (non-hydrogen) atoms. The maximum Gasteiger partial charge on any atom is 0.342 e. The van der Waals surface area contributed by atoms with E-state index in [-0.39, 0.29) is 35.1 Å². The number of methoxy groups -OCH3 is 1. The summed E-state index contributed by atoms with van der Waals surface area (Å²) >= 11 is 0. The maximum absolute atomic E-state index is 12.0. The van der Waals surface area contributed by atoms with E-state index in [1.165, 1.54) is 21.0 Å². The van der Waals surface area contributed by atoms with E-state index >= 15 is 0 Å². The Morgan fingerprint density at radius 1 is 1.39 bits per heavy atom. The van der Waals surface area contributed by atoms with Gasteiger partial charge in [0.25, 0.3) is 0 Å². The second-order valence-electron chi connectivity index (χ2n) is 3.60. The van der Waals surface area contributed by atoms with Crippen LogP contribution in [0.4, 0.5) is 0 Å². The summed E-state index contributed by atoms with van der Waals surface area (Å²) in [6.07, 6.45) is 0. The van der Waals surface area contributed by atoms with E-state index in [9.17, 15) is 13.2 Å². The van der Waals surface area contributed by atoms with E-state index in [1.807, 2.05) is 0 Å². The van der Waals surface area contributed by atoms with Gasteiger partial charge in [0.1, 0.15) is 22.0 Å². The topological polar surface area (TPSA) is 112 Å². The van der Waals surface area contributed by atoms with Crippen molar-refractivity contribution in [3.05, 3.63) is 17.1 Å². The number of nitrogens with two attached hydrogens (primary N) is 1. The molecule has 0 aliphatic rings. The molecule has 0 aromatic carbocycles. The summed E-state index contributed by atoms with van der Waals surface area (Å²) in [6.45, 7) is 3.20. The molecule has 0 radical (unpaired) electrons. The molecule has 0 fully saturated rings. The minimum atomic E-state index is -3.84. The largest absolute Gasteiger partial charge is 0.465 e. The Hall–Kier alpha value is -1.38. The van der Waals surface area contributed by atoms with Crippen molar-refractivity contribution in [3.8, 4) is 0 Å². The molecule has 1 rings (SSSR count).